The summed E-state index contributed by atoms with van der Waals surface area (Å²) in [6.07, 6.45) is 0.869. The minimum Gasteiger partial charge on any atom is -0.437 e. The van der Waals surface area contributed by atoms with Crippen molar-refractivity contribution < 1.29 is 23.6 Å². The van der Waals surface area contributed by atoms with Gasteiger partial charge in [0, 0.05) is 36.6 Å². The summed E-state index contributed by atoms with van der Waals surface area (Å²) >= 11 is 7.44. The summed E-state index contributed by atoms with van der Waals surface area (Å²) < 4.78 is 17.8. The molecule has 10 nitrogen and oxygen atoms in total. The van der Waals surface area contributed by atoms with Gasteiger partial charge in [-0.15, -0.1) is 11.3 Å². The number of amides is 1. The van der Waals surface area contributed by atoms with Crippen molar-refractivity contribution in [2.24, 2.45) is 0 Å². The number of nitrogens with zero attached hydrogens (tertiary/aromatic N) is 4. The molecule has 4 aromatic rings. The molecule has 0 spiro atoms. The lowest BCUT2D eigenvalue weighted by atomic mass is 10.0. The largest absolute Gasteiger partial charge is 0.513 e. The second kappa shape index (κ2) is 11.1. The SMILES string of the molecule is COC(=O)Oc1cccc2c(C(=O)NC3CCN(C(C)C)CC3)nn(Cc3cc(-c4ccc(Cl)s4)on3)c12. The van der Waals surface area contributed by atoms with Crippen LogP contribution in [0.3, 0.4) is 0 Å². The van der Waals surface area contributed by atoms with Gasteiger partial charge in [-0.2, -0.15) is 5.10 Å². The lowest BCUT2D eigenvalue weighted by Gasteiger charge is -2.34. The molecular weight excluding hydrogens is 530 g/mol. The predicted octanol–water partition coefficient (Wildman–Crippen LogP) is 5.20. The molecule has 0 radical (unpaired) electrons. The number of likely N-dealkylation sites (tertiary alicyclic amines) is 1. The third-order valence-electron chi connectivity index (χ3n) is 6.59. The van der Waals surface area contributed by atoms with Crippen molar-refractivity contribution in [2.45, 2.75) is 45.3 Å². The second-order valence-electron chi connectivity index (χ2n) is 9.38. The van der Waals surface area contributed by atoms with Crippen LogP contribution in [-0.4, -0.2) is 64.2 Å². The van der Waals surface area contributed by atoms with Crippen LogP contribution < -0.4 is 10.1 Å². The zero-order valence-electron chi connectivity index (χ0n) is 21.3. The molecule has 200 valence electrons. The van der Waals surface area contributed by atoms with Crippen molar-refractivity contribution in [3.63, 3.8) is 0 Å². The number of carbonyl (C=O) groups excluding carboxylic acids is 2. The Morgan fingerprint density at radius 2 is 2.03 bits per heavy atom. The molecule has 38 heavy (non-hydrogen) atoms. The van der Waals surface area contributed by atoms with E-state index in [-0.39, 0.29) is 29.9 Å². The Labute approximate surface area is 228 Å². The second-order valence-corrected chi connectivity index (χ2v) is 11.1. The average Bonchev–Trinajstić information content (AvgIpc) is 3.64. The summed E-state index contributed by atoms with van der Waals surface area (Å²) in [5, 5.41) is 12.5. The quantitative estimate of drug-likeness (QED) is 0.244. The third kappa shape index (κ3) is 5.54. The van der Waals surface area contributed by atoms with Gasteiger partial charge in [-0.3, -0.25) is 9.48 Å². The van der Waals surface area contributed by atoms with Crippen LogP contribution in [0.2, 0.25) is 4.34 Å². The number of methoxy groups -OCH3 is 1. The number of para-hydroxylation sites is 1. The monoisotopic (exact) mass is 557 g/mol. The molecule has 1 fully saturated rings. The van der Waals surface area contributed by atoms with E-state index in [1.54, 1.807) is 35.0 Å². The molecule has 1 aromatic carbocycles. The van der Waals surface area contributed by atoms with E-state index in [2.05, 4.69) is 39.1 Å². The highest BCUT2D eigenvalue weighted by molar-refractivity contribution is 7.19. The Morgan fingerprint density at radius 3 is 2.71 bits per heavy atom. The highest BCUT2D eigenvalue weighted by Crippen LogP contribution is 2.33. The van der Waals surface area contributed by atoms with E-state index >= 15 is 0 Å². The van der Waals surface area contributed by atoms with Crippen molar-refractivity contribution in [3.05, 3.63) is 52.1 Å². The Morgan fingerprint density at radius 1 is 1.24 bits per heavy atom. The molecular formula is C26H28ClN5O5S. The molecule has 0 saturated carbocycles. The van der Waals surface area contributed by atoms with E-state index in [4.69, 9.17) is 20.9 Å². The van der Waals surface area contributed by atoms with E-state index in [1.165, 1.54) is 18.4 Å². The van der Waals surface area contributed by atoms with Crippen LogP contribution >= 0.6 is 22.9 Å². The topological polar surface area (TPSA) is 112 Å². The van der Waals surface area contributed by atoms with E-state index in [0.29, 0.717) is 32.7 Å². The molecule has 1 aliphatic heterocycles. The number of rotatable bonds is 7. The van der Waals surface area contributed by atoms with Crippen molar-refractivity contribution >= 4 is 45.9 Å². The Kier molecular flexibility index (Phi) is 7.68. The molecule has 0 aliphatic carbocycles. The lowest BCUT2D eigenvalue weighted by molar-refractivity contribution is 0.0896. The van der Waals surface area contributed by atoms with E-state index in [1.807, 2.05) is 6.07 Å². The summed E-state index contributed by atoms with van der Waals surface area (Å²) in [5.41, 5.74) is 1.30. The van der Waals surface area contributed by atoms with Gasteiger partial charge in [-0.1, -0.05) is 28.9 Å². The summed E-state index contributed by atoms with van der Waals surface area (Å²) in [6.45, 7) is 6.40. The number of hydrogen-bond acceptors (Lipinski definition) is 9. The number of benzene rings is 1. The smallest absolute Gasteiger partial charge is 0.437 e. The van der Waals surface area contributed by atoms with Gasteiger partial charge < -0.3 is 24.2 Å². The molecule has 3 aromatic heterocycles. The fourth-order valence-electron chi connectivity index (χ4n) is 4.62. The summed E-state index contributed by atoms with van der Waals surface area (Å²) in [7, 11) is 1.23. The predicted molar refractivity (Wildman–Crippen MR) is 144 cm³/mol. The van der Waals surface area contributed by atoms with Crippen molar-refractivity contribution in [1.29, 1.82) is 0 Å². The first kappa shape index (κ1) is 26.2. The molecule has 1 saturated heterocycles. The Hall–Kier alpha value is -3.41. The molecule has 0 bridgehead atoms. The van der Waals surface area contributed by atoms with Gasteiger partial charge in [0.25, 0.3) is 5.91 Å². The van der Waals surface area contributed by atoms with Crippen LogP contribution in [0, 0.1) is 0 Å². The van der Waals surface area contributed by atoms with Gasteiger partial charge in [-0.05, 0) is 44.9 Å². The van der Waals surface area contributed by atoms with Gasteiger partial charge in [0.15, 0.2) is 17.2 Å². The molecule has 1 amide bonds. The first-order valence-corrected chi connectivity index (χ1v) is 13.5. The van der Waals surface area contributed by atoms with Crippen LogP contribution in [0.5, 0.6) is 5.75 Å². The number of hydrogen-bond donors (Lipinski definition) is 1. The lowest BCUT2D eigenvalue weighted by Crippen LogP contribution is -2.46. The average molecular weight is 558 g/mol. The fourth-order valence-corrected chi connectivity index (χ4v) is 5.61. The molecule has 1 aliphatic rings. The molecule has 0 unspecified atom stereocenters. The van der Waals surface area contributed by atoms with Crippen LogP contribution in [0.4, 0.5) is 4.79 Å². The van der Waals surface area contributed by atoms with Crippen molar-refractivity contribution in [2.75, 3.05) is 20.2 Å². The number of thiophene rings is 1. The van der Waals surface area contributed by atoms with Crippen LogP contribution in [0.1, 0.15) is 42.9 Å². The van der Waals surface area contributed by atoms with Gasteiger partial charge in [0.1, 0.15) is 11.2 Å². The number of piperidine rings is 1. The molecule has 0 atom stereocenters. The normalized spacial score (nSPS) is 14.8. The molecule has 5 rings (SSSR count). The summed E-state index contributed by atoms with van der Waals surface area (Å²) in [5.74, 6) is 0.519. The third-order valence-corrected chi connectivity index (χ3v) is 7.84. The summed E-state index contributed by atoms with van der Waals surface area (Å²) in [6, 6.07) is 11.1. The fraction of sp³-hybridized carbons (Fsp3) is 0.385. The molecule has 4 heterocycles. The molecule has 1 N–H and O–H groups in total. The number of nitrogens with one attached hydrogen (secondary N) is 1. The van der Waals surface area contributed by atoms with E-state index in [0.717, 1.165) is 30.8 Å². The first-order chi connectivity index (χ1) is 18.3. The van der Waals surface area contributed by atoms with Crippen LogP contribution in [-0.2, 0) is 11.3 Å². The standard InChI is InChI=1S/C26H28ClN5O5S/c1-15(2)31-11-9-16(10-12-31)28-25(33)23-18-5-4-6-19(36-26(34)35-3)24(18)32(29-23)14-17-13-20(37-30-17)21-7-8-22(27)38-21/h4-8,13,15-16H,9-12,14H2,1-3H3,(H,28,33). The maximum absolute atomic E-state index is 13.4. The van der Waals surface area contributed by atoms with Gasteiger partial charge >= 0.3 is 6.16 Å². The van der Waals surface area contributed by atoms with Gasteiger partial charge in [0.05, 0.1) is 22.9 Å². The van der Waals surface area contributed by atoms with E-state index < -0.39 is 6.16 Å². The minimum absolute atomic E-state index is 0.0583. The van der Waals surface area contributed by atoms with Crippen LogP contribution in [0.15, 0.2) is 40.9 Å². The first-order valence-electron chi connectivity index (χ1n) is 12.3. The van der Waals surface area contributed by atoms with Gasteiger partial charge in [-0.25, -0.2) is 4.79 Å². The zero-order valence-corrected chi connectivity index (χ0v) is 22.8. The van der Waals surface area contributed by atoms with Crippen LogP contribution in [0.25, 0.3) is 21.5 Å². The minimum atomic E-state index is -0.869. The number of halogens is 1. The summed E-state index contributed by atoms with van der Waals surface area (Å²) in [4.78, 5) is 28.6. The van der Waals surface area contributed by atoms with Crippen molar-refractivity contribution in [1.82, 2.24) is 25.2 Å². The zero-order chi connectivity index (χ0) is 26.8. The maximum atomic E-state index is 13.4. The highest BCUT2D eigenvalue weighted by atomic mass is 35.5. The maximum Gasteiger partial charge on any atom is 0.513 e. The van der Waals surface area contributed by atoms with Gasteiger partial charge in [0.2, 0.25) is 0 Å². The van der Waals surface area contributed by atoms with Crippen molar-refractivity contribution in [3.8, 4) is 16.4 Å². The number of carbonyl (C=O) groups is 2. The Bertz CT molecular complexity index is 1450. The number of fused-ring (bicyclic) bond motifs is 1. The number of aromatic nitrogens is 3. The molecule has 12 heteroatoms. The number of ether oxygens (including phenoxy) is 2. The highest BCUT2D eigenvalue weighted by Gasteiger charge is 2.26. The Balaban J connectivity index is 1.45. The van der Waals surface area contributed by atoms with E-state index in [9.17, 15) is 9.59 Å².